The third-order valence-corrected chi connectivity index (χ3v) is 6.72. The second-order valence-corrected chi connectivity index (χ2v) is 9.02. The van der Waals surface area contributed by atoms with Crippen LogP contribution in [0, 0.1) is 13.8 Å². The van der Waals surface area contributed by atoms with Gasteiger partial charge in [-0.1, -0.05) is 19.1 Å². The van der Waals surface area contributed by atoms with Crippen LogP contribution in [-0.4, -0.2) is 35.4 Å². The van der Waals surface area contributed by atoms with E-state index in [0.717, 1.165) is 42.2 Å². The van der Waals surface area contributed by atoms with E-state index in [0.29, 0.717) is 0 Å². The van der Waals surface area contributed by atoms with Gasteiger partial charge in [0, 0.05) is 41.7 Å². The van der Waals surface area contributed by atoms with Gasteiger partial charge >= 0.3 is 0 Å². The van der Waals surface area contributed by atoms with Crippen molar-refractivity contribution in [1.82, 2.24) is 4.90 Å². The van der Waals surface area contributed by atoms with Gasteiger partial charge in [-0.2, -0.15) is 11.8 Å². The van der Waals surface area contributed by atoms with E-state index in [2.05, 4.69) is 42.3 Å². The van der Waals surface area contributed by atoms with Crippen LogP contribution in [-0.2, 0) is 13.0 Å². The van der Waals surface area contributed by atoms with Crippen LogP contribution < -0.4 is 5.32 Å². The molecule has 2 aromatic rings. The molecule has 2 heterocycles. The number of thioether (sulfide) groups is 1. The van der Waals surface area contributed by atoms with E-state index in [9.17, 15) is 4.79 Å². The van der Waals surface area contributed by atoms with E-state index in [-0.39, 0.29) is 5.91 Å². The highest BCUT2D eigenvalue weighted by Crippen LogP contribution is 2.25. The summed E-state index contributed by atoms with van der Waals surface area (Å²) in [6.07, 6.45) is 0.970. The molecule has 0 aliphatic carbocycles. The summed E-state index contributed by atoms with van der Waals surface area (Å²) in [5.74, 6) is 2.43. The number of carbonyl (C=O) groups is 1. The van der Waals surface area contributed by atoms with E-state index >= 15 is 0 Å². The molecule has 1 aliphatic rings. The number of hydrogen-bond donors (Lipinski definition) is 1. The minimum absolute atomic E-state index is 0.00224. The molecule has 1 amide bonds. The molecule has 1 N–H and O–H groups in total. The monoisotopic (exact) mass is 374 g/mol. The van der Waals surface area contributed by atoms with Gasteiger partial charge in [0.2, 0.25) is 0 Å². The molecule has 5 heteroatoms. The van der Waals surface area contributed by atoms with Crippen molar-refractivity contribution in [2.75, 3.05) is 29.9 Å². The molecule has 25 heavy (non-hydrogen) atoms. The summed E-state index contributed by atoms with van der Waals surface area (Å²) in [7, 11) is 0. The van der Waals surface area contributed by atoms with Gasteiger partial charge in [-0.15, -0.1) is 11.3 Å². The number of benzene rings is 1. The van der Waals surface area contributed by atoms with Gasteiger partial charge in [0.05, 0.1) is 4.88 Å². The summed E-state index contributed by atoms with van der Waals surface area (Å²) in [5.41, 5.74) is 4.57. The maximum Gasteiger partial charge on any atom is 0.265 e. The van der Waals surface area contributed by atoms with Crippen molar-refractivity contribution in [1.29, 1.82) is 0 Å². The van der Waals surface area contributed by atoms with Gasteiger partial charge in [0.25, 0.3) is 5.91 Å². The lowest BCUT2D eigenvalue weighted by Crippen LogP contribution is -2.32. The molecule has 1 aliphatic heterocycles. The zero-order valence-corrected chi connectivity index (χ0v) is 16.9. The van der Waals surface area contributed by atoms with Gasteiger partial charge < -0.3 is 5.32 Å². The number of nitrogens with zero attached hydrogens (tertiary/aromatic N) is 1. The van der Waals surface area contributed by atoms with Crippen LogP contribution >= 0.6 is 23.1 Å². The first-order chi connectivity index (χ1) is 12.1. The van der Waals surface area contributed by atoms with E-state index in [1.807, 2.05) is 24.8 Å². The van der Waals surface area contributed by atoms with Crippen LogP contribution in [0.5, 0.6) is 0 Å². The molecule has 0 atom stereocenters. The number of rotatable bonds is 5. The van der Waals surface area contributed by atoms with Crippen LogP contribution in [0.3, 0.4) is 0 Å². The van der Waals surface area contributed by atoms with Gasteiger partial charge in [-0.05, 0) is 49.1 Å². The fourth-order valence-electron chi connectivity index (χ4n) is 3.09. The Balaban J connectivity index is 1.72. The van der Waals surface area contributed by atoms with Crippen molar-refractivity contribution in [3.8, 4) is 0 Å². The maximum absolute atomic E-state index is 12.6. The largest absolute Gasteiger partial charge is 0.321 e. The van der Waals surface area contributed by atoms with E-state index in [1.54, 1.807) is 11.3 Å². The second-order valence-electron chi connectivity index (χ2n) is 6.54. The van der Waals surface area contributed by atoms with E-state index in [1.165, 1.54) is 27.5 Å². The summed E-state index contributed by atoms with van der Waals surface area (Å²) in [6, 6.07) is 8.45. The SMILES string of the molecule is CCc1cc(C(=O)Nc2cc(CN3CCSCC3)ccc2C)sc1C. The molecule has 0 radical (unpaired) electrons. The molecule has 0 saturated carbocycles. The summed E-state index contributed by atoms with van der Waals surface area (Å²) in [5, 5.41) is 3.12. The summed E-state index contributed by atoms with van der Waals surface area (Å²) in [4.78, 5) is 17.2. The Kier molecular flexibility index (Phi) is 6.20. The molecule has 134 valence electrons. The molecular formula is C20H26N2OS2. The molecule has 1 aromatic carbocycles. The normalized spacial score (nSPS) is 15.3. The first-order valence-corrected chi connectivity index (χ1v) is 10.8. The Bertz CT molecular complexity index is 748. The van der Waals surface area contributed by atoms with Crippen LogP contribution in [0.15, 0.2) is 24.3 Å². The van der Waals surface area contributed by atoms with Gasteiger partial charge in [-0.25, -0.2) is 0 Å². The Morgan fingerprint density at radius 3 is 2.64 bits per heavy atom. The highest BCUT2D eigenvalue weighted by molar-refractivity contribution is 7.99. The Hall–Kier alpha value is -1.30. The minimum atomic E-state index is 0.00224. The highest BCUT2D eigenvalue weighted by Gasteiger charge is 2.15. The average molecular weight is 375 g/mol. The first kappa shape index (κ1) is 18.5. The van der Waals surface area contributed by atoms with Crippen LogP contribution in [0.25, 0.3) is 0 Å². The first-order valence-electron chi connectivity index (χ1n) is 8.87. The number of nitrogens with one attached hydrogen (secondary N) is 1. The molecule has 1 saturated heterocycles. The molecule has 1 aromatic heterocycles. The predicted molar refractivity (Wildman–Crippen MR) is 110 cm³/mol. The topological polar surface area (TPSA) is 32.3 Å². The van der Waals surface area contributed by atoms with Crippen molar-refractivity contribution >= 4 is 34.7 Å². The quantitative estimate of drug-likeness (QED) is 0.821. The smallest absolute Gasteiger partial charge is 0.265 e. The molecule has 0 unspecified atom stereocenters. The fraction of sp³-hybridized carbons (Fsp3) is 0.450. The summed E-state index contributed by atoms with van der Waals surface area (Å²) in [6.45, 7) is 9.52. The van der Waals surface area contributed by atoms with E-state index in [4.69, 9.17) is 0 Å². The number of amides is 1. The molecule has 0 spiro atoms. The Labute approximate surface area is 158 Å². The lowest BCUT2D eigenvalue weighted by atomic mass is 10.1. The molecule has 1 fully saturated rings. The number of anilines is 1. The zero-order valence-electron chi connectivity index (χ0n) is 15.2. The number of thiophene rings is 1. The number of aryl methyl sites for hydroxylation is 3. The third kappa shape index (κ3) is 4.66. The van der Waals surface area contributed by atoms with Gasteiger partial charge in [0.15, 0.2) is 0 Å². The number of carbonyl (C=O) groups excluding carboxylic acids is 1. The van der Waals surface area contributed by atoms with Gasteiger partial charge in [-0.3, -0.25) is 9.69 Å². The van der Waals surface area contributed by atoms with Crippen LogP contribution in [0.2, 0.25) is 0 Å². The minimum Gasteiger partial charge on any atom is -0.321 e. The summed E-state index contributed by atoms with van der Waals surface area (Å²) < 4.78 is 0. The van der Waals surface area contributed by atoms with Gasteiger partial charge in [0.1, 0.15) is 0 Å². The Morgan fingerprint density at radius 2 is 1.96 bits per heavy atom. The highest BCUT2D eigenvalue weighted by atomic mass is 32.2. The third-order valence-electron chi connectivity index (χ3n) is 4.69. The summed E-state index contributed by atoms with van der Waals surface area (Å²) >= 11 is 3.61. The molecule has 0 bridgehead atoms. The fourth-order valence-corrected chi connectivity index (χ4v) is 5.07. The van der Waals surface area contributed by atoms with Crippen molar-refractivity contribution in [2.24, 2.45) is 0 Å². The molecular weight excluding hydrogens is 348 g/mol. The predicted octanol–water partition coefficient (Wildman–Crippen LogP) is 4.73. The van der Waals surface area contributed by atoms with Crippen molar-refractivity contribution in [3.63, 3.8) is 0 Å². The zero-order chi connectivity index (χ0) is 17.8. The van der Waals surface area contributed by atoms with Crippen molar-refractivity contribution < 1.29 is 4.79 Å². The van der Waals surface area contributed by atoms with E-state index < -0.39 is 0 Å². The lowest BCUT2D eigenvalue weighted by molar-refractivity contribution is 0.103. The van der Waals surface area contributed by atoms with Crippen molar-refractivity contribution in [2.45, 2.75) is 33.7 Å². The van der Waals surface area contributed by atoms with Crippen LogP contribution in [0.4, 0.5) is 5.69 Å². The van der Waals surface area contributed by atoms with Crippen LogP contribution in [0.1, 0.15) is 38.2 Å². The molecule has 3 rings (SSSR count). The standard InChI is InChI=1S/C20H26N2OS2/c1-4-17-12-19(25-15(17)3)20(23)21-18-11-16(6-5-14(18)2)13-22-7-9-24-10-8-22/h5-6,11-12H,4,7-10,13H2,1-3H3,(H,21,23). The average Bonchev–Trinajstić information content (AvgIpc) is 3.00. The second kappa shape index (κ2) is 8.39. The lowest BCUT2D eigenvalue weighted by Gasteiger charge is -2.26. The maximum atomic E-state index is 12.6. The number of hydrogen-bond acceptors (Lipinski definition) is 4. The van der Waals surface area contributed by atoms with Crippen molar-refractivity contribution in [3.05, 3.63) is 50.7 Å². The Morgan fingerprint density at radius 1 is 1.20 bits per heavy atom. The molecule has 3 nitrogen and oxygen atoms in total.